The summed E-state index contributed by atoms with van der Waals surface area (Å²) >= 11 is 0. The number of carbonyl (C=O) groups excluding carboxylic acids is 1. The van der Waals surface area contributed by atoms with Gasteiger partial charge in [-0.1, -0.05) is 6.92 Å². The largest absolute Gasteiger partial charge is 0.481 e. The molecular weight excluding hydrogens is 260 g/mol. The van der Waals surface area contributed by atoms with Crippen LogP contribution in [0.15, 0.2) is 0 Å². The number of rotatable bonds is 3. The smallest absolute Gasteiger partial charge is 0.317 e. The van der Waals surface area contributed by atoms with Crippen LogP contribution < -0.4 is 5.32 Å². The average Bonchev–Trinajstić information content (AvgIpc) is 2.45. The number of amides is 2. The van der Waals surface area contributed by atoms with Gasteiger partial charge in [-0.05, 0) is 31.1 Å². The van der Waals surface area contributed by atoms with E-state index < -0.39 is 11.9 Å². The van der Waals surface area contributed by atoms with Crippen LogP contribution in [0.4, 0.5) is 4.79 Å². The van der Waals surface area contributed by atoms with Crippen molar-refractivity contribution in [2.75, 3.05) is 32.8 Å². The minimum Gasteiger partial charge on any atom is -0.481 e. The lowest BCUT2D eigenvalue weighted by molar-refractivity contribution is -0.143. The van der Waals surface area contributed by atoms with E-state index in [1.54, 1.807) is 4.90 Å². The number of hydrogen-bond donors (Lipinski definition) is 2. The highest BCUT2D eigenvalue weighted by Crippen LogP contribution is 2.22. The van der Waals surface area contributed by atoms with Crippen molar-refractivity contribution in [2.45, 2.75) is 26.2 Å². The molecule has 2 amide bonds. The van der Waals surface area contributed by atoms with Crippen LogP contribution in [0.1, 0.15) is 26.2 Å². The lowest BCUT2D eigenvalue weighted by atomic mass is 9.91. The van der Waals surface area contributed by atoms with Crippen LogP contribution in [-0.4, -0.2) is 54.9 Å². The first-order chi connectivity index (χ1) is 9.56. The number of piperidine rings is 1. The van der Waals surface area contributed by atoms with Gasteiger partial charge in [-0.25, -0.2) is 4.79 Å². The number of ether oxygens (including phenoxy) is 1. The monoisotopic (exact) mass is 284 g/mol. The van der Waals surface area contributed by atoms with E-state index in [1.165, 1.54) is 0 Å². The summed E-state index contributed by atoms with van der Waals surface area (Å²) in [5.41, 5.74) is 0. The molecular formula is C14H24N2O4. The first kappa shape index (κ1) is 15.1. The molecule has 20 heavy (non-hydrogen) atoms. The maximum atomic E-state index is 12.1. The summed E-state index contributed by atoms with van der Waals surface area (Å²) in [7, 11) is 0. The van der Waals surface area contributed by atoms with Gasteiger partial charge in [-0.15, -0.1) is 0 Å². The molecule has 6 heteroatoms. The van der Waals surface area contributed by atoms with Crippen molar-refractivity contribution >= 4 is 12.0 Å². The Labute approximate surface area is 119 Å². The molecule has 2 rings (SSSR count). The normalized spacial score (nSPS) is 28.1. The number of carboxylic acid groups (broad SMARTS) is 1. The maximum Gasteiger partial charge on any atom is 0.317 e. The summed E-state index contributed by atoms with van der Waals surface area (Å²) in [6, 6.07) is -0.130. The van der Waals surface area contributed by atoms with Crippen LogP contribution in [-0.2, 0) is 9.53 Å². The van der Waals surface area contributed by atoms with Gasteiger partial charge in [0.2, 0.25) is 0 Å². The van der Waals surface area contributed by atoms with Crippen molar-refractivity contribution in [3.05, 3.63) is 0 Å². The molecule has 0 radical (unpaired) electrons. The van der Waals surface area contributed by atoms with E-state index >= 15 is 0 Å². The van der Waals surface area contributed by atoms with E-state index in [-0.39, 0.29) is 11.9 Å². The highest BCUT2D eigenvalue weighted by molar-refractivity contribution is 5.76. The van der Waals surface area contributed by atoms with Crippen molar-refractivity contribution in [1.29, 1.82) is 0 Å². The highest BCUT2D eigenvalue weighted by Gasteiger charge is 2.32. The molecule has 0 aromatic heterocycles. The number of carbonyl (C=O) groups is 2. The van der Waals surface area contributed by atoms with Gasteiger partial charge in [-0.3, -0.25) is 4.79 Å². The third-order valence-corrected chi connectivity index (χ3v) is 4.18. The van der Waals surface area contributed by atoms with Gasteiger partial charge >= 0.3 is 12.0 Å². The Hall–Kier alpha value is -1.30. The molecule has 2 saturated heterocycles. The Kier molecular flexibility index (Phi) is 5.23. The van der Waals surface area contributed by atoms with Crippen molar-refractivity contribution < 1.29 is 19.4 Å². The fraction of sp³-hybridized carbons (Fsp3) is 0.857. The van der Waals surface area contributed by atoms with Gasteiger partial charge in [0.1, 0.15) is 0 Å². The topological polar surface area (TPSA) is 78.9 Å². The minimum absolute atomic E-state index is 0.130. The molecule has 2 unspecified atom stereocenters. The van der Waals surface area contributed by atoms with Crippen molar-refractivity contribution in [3.8, 4) is 0 Å². The molecule has 2 fully saturated rings. The Morgan fingerprint density at radius 2 is 2.00 bits per heavy atom. The summed E-state index contributed by atoms with van der Waals surface area (Å²) in [5.74, 6) is -0.532. The van der Waals surface area contributed by atoms with Gasteiger partial charge in [0, 0.05) is 32.8 Å². The number of urea groups is 1. The summed E-state index contributed by atoms with van der Waals surface area (Å²) < 4.78 is 5.29. The number of nitrogens with zero attached hydrogens (tertiary/aromatic N) is 1. The van der Waals surface area contributed by atoms with Crippen LogP contribution in [0.25, 0.3) is 0 Å². The lowest BCUT2D eigenvalue weighted by Gasteiger charge is -2.35. The Morgan fingerprint density at radius 1 is 1.30 bits per heavy atom. The summed E-state index contributed by atoms with van der Waals surface area (Å²) in [6.45, 7) is 5.14. The van der Waals surface area contributed by atoms with Crippen molar-refractivity contribution in [2.24, 2.45) is 17.8 Å². The molecule has 0 aliphatic carbocycles. The third-order valence-electron chi connectivity index (χ3n) is 4.18. The standard InChI is InChI=1S/C14H24N2O4/c1-10-6-12(13(17)18)9-16(8-10)14(19)15-7-11-2-4-20-5-3-11/h10-12H,2-9H2,1H3,(H,15,19)(H,17,18). The quantitative estimate of drug-likeness (QED) is 0.815. The van der Waals surface area contributed by atoms with Crippen molar-refractivity contribution in [3.63, 3.8) is 0 Å². The van der Waals surface area contributed by atoms with Crippen molar-refractivity contribution in [1.82, 2.24) is 10.2 Å². The van der Waals surface area contributed by atoms with E-state index in [1.807, 2.05) is 6.92 Å². The Balaban J connectivity index is 1.80. The molecule has 0 aromatic rings. The van der Waals surface area contributed by atoms with Gasteiger partial charge in [-0.2, -0.15) is 0 Å². The molecule has 2 aliphatic heterocycles. The van der Waals surface area contributed by atoms with E-state index in [0.29, 0.717) is 32.0 Å². The van der Waals surface area contributed by atoms with Gasteiger partial charge in [0.15, 0.2) is 0 Å². The SMILES string of the molecule is CC1CC(C(=O)O)CN(C(=O)NCC2CCOCC2)C1. The van der Waals surface area contributed by atoms with Crippen LogP contribution in [0.5, 0.6) is 0 Å². The second kappa shape index (κ2) is 6.92. The second-order valence-electron chi connectivity index (χ2n) is 6.02. The lowest BCUT2D eigenvalue weighted by Crippen LogP contribution is -2.50. The zero-order chi connectivity index (χ0) is 14.5. The molecule has 2 N–H and O–H groups in total. The molecule has 2 atom stereocenters. The molecule has 2 aliphatic rings. The number of hydrogen-bond acceptors (Lipinski definition) is 3. The van der Waals surface area contributed by atoms with Crippen LogP contribution in [0, 0.1) is 17.8 Å². The minimum atomic E-state index is -0.807. The molecule has 0 aromatic carbocycles. The first-order valence-corrected chi connectivity index (χ1v) is 7.39. The summed E-state index contributed by atoms with van der Waals surface area (Å²) in [5, 5.41) is 12.1. The molecule has 6 nitrogen and oxygen atoms in total. The average molecular weight is 284 g/mol. The zero-order valence-electron chi connectivity index (χ0n) is 12.0. The molecule has 0 spiro atoms. The number of aliphatic carboxylic acids is 1. The van der Waals surface area contributed by atoms with E-state index in [0.717, 1.165) is 26.1 Å². The number of nitrogens with one attached hydrogen (secondary N) is 1. The van der Waals surface area contributed by atoms with E-state index in [4.69, 9.17) is 9.84 Å². The highest BCUT2D eigenvalue weighted by atomic mass is 16.5. The first-order valence-electron chi connectivity index (χ1n) is 7.39. The molecule has 2 heterocycles. The van der Waals surface area contributed by atoms with Gasteiger partial charge in [0.25, 0.3) is 0 Å². The maximum absolute atomic E-state index is 12.1. The van der Waals surface area contributed by atoms with E-state index in [9.17, 15) is 9.59 Å². The molecule has 114 valence electrons. The number of carboxylic acids is 1. The third kappa shape index (κ3) is 4.10. The summed E-state index contributed by atoms with van der Waals surface area (Å²) in [6.07, 6.45) is 2.61. The fourth-order valence-electron chi connectivity index (χ4n) is 2.99. The van der Waals surface area contributed by atoms with Crippen LogP contribution >= 0.6 is 0 Å². The number of likely N-dealkylation sites (tertiary alicyclic amines) is 1. The van der Waals surface area contributed by atoms with Crippen LogP contribution in [0.3, 0.4) is 0 Å². The fourth-order valence-corrected chi connectivity index (χ4v) is 2.99. The predicted octanol–water partition coefficient (Wildman–Crippen LogP) is 1.17. The summed E-state index contributed by atoms with van der Waals surface area (Å²) in [4.78, 5) is 24.9. The molecule has 0 saturated carbocycles. The van der Waals surface area contributed by atoms with Crippen LogP contribution in [0.2, 0.25) is 0 Å². The Morgan fingerprint density at radius 3 is 2.65 bits per heavy atom. The van der Waals surface area contributed by atoms with Gasteiger partial charge in [0.05, 0.1) is 5.92 Å². The Bertz CT molecular complexity index is 355. The van der Waals surface area contributed by atoms with Gasteiger partial charge < -0.3 is 20.1 Å². The predicted molar refractivity (Wildman–Crippen MR) is 73.4 cm³/mol. The zero-order valence-corrected chi connectivity index (χ0v) is 12.0. The van der Waals surface area contributed by atoms with E-state index in [2.05, 4.69) is 5.32 Å². The molecule has 0 bridgehead atoms. The second-order valence-corrected chi connectivity index (χ2v) is 6.02.